The first-order valence-corrected chi connectivity index (χ1v) is 11.0. The van der Waals surface area contributed by atoms with Gasteiger partial charge in [0.05, 0.1) is 0 Å². The molecule has 1 saturated carbocycles. The number of aromatic nitrogens is 3. The van der Waals surface area contributed by atoms with Gasteiger partial charge in [-0.05, 0) is 68.0 Å². The van der Waals surface area contributed by atoms with Crippen molar-refractivity contribution >= 4 is 17.2 Å². The van der Waals surface area contributed by atoms with Crippen LogP contribution in [0.4, 0.5) is 0 Å². The van der Waals surface area contributed by atoms with Crippen molar-refractivity contribution in [3.05, 3.63) is 34.0 Å². The highest BCUT2D eigenvalue weighted by Gasteiger charge is 2.40. The maximum atomic E-state index is 12.6. The average molecular weight is 386 g/mol. The molecule has 0 radical (unpaired) electrons. The molecule has 0 atom stereocenters. The van der Waals surface area contributed by atoms with Gasteiger partial charge in [-0.15, -0.1) is 21.5 Å². The third-order valence-corrected chi connectivity index (χ3v) is 7.39. The van der Waals surface area contributed by atoms with E-state index in [4.69, 9.17) is 0 Å². The molecule has 2 fully saturated rings. The van der Waals surface area contributed by atoms with Crippen molar-refractivity contribution in [1.82, 2.24) is 25.0 Å². The molecule has 4 heterocycles. The molecular weight excluding hydrogens is 358 g/mol. The predicted octanol–water partition coefficient (Wildman–Crippen LogP) is 2.71. The van der Waals surface area contributed by atoms with Gasteiger partial charge < -0.3 is 9.88 Å². The van der Waals surface area contributed by atoms with E-state index in [1.165, 1.54) is 37.0 Å². The first kappa shape index (κ1) is 17.4. The summed E-state index contributed by atoms with van der Waals surface area (Å²) >= 11 is 1.84. The molecule has 0 unspecified atom stereocenters. The van der Waals surface area contributed by atoms with Crippen LogP contribution < -0.4 is 5.32 Å². The van der Waals surface area contributed by atoms with E-state index in [0.717, 1.165) is 45.0 Å². The molecule has 2 aromatic heterocycles. The van der Waals surface area contributed by atoms with Gasteiger partial charge in [0.1, 0.15) is 5.82 Å². The van der Waals surface area contributed by atoms with Crippen LogP contribution in [-0.4, -0.2) is 45.2 Å². The van der Waals surface area contributed by atoms with Crippen molar-refractivity contribution in [2.45, 2.75) is 51.6 Å². The molecule has 1 N–H and O–H groups in total. The Hall–Kier alpha value is -1.73. The molecule has 6 nitrogen and oxygen atoms in total. The van der Waals surface area contributed by atoms with Gasteiger partial charge >= 0.3 is 0 Å². The van der Waals surface area contributed by atoms with Gasteiger partial charge in [0.2, 0.25) is 5.82 Å². The van der Waals surface area contributed by atoms with Crippen LogP contribution in [0.5, 0.6) is 0 Å². The highest BCUT2D eigenvalue weighted by molar-refractivity contribution is 7.09. The van der Waals surface area contributed by atoms with E-state index >= 15 is 0 Å². The Labute approximate surface area is 164 Å². The topological polar surface area (TPSA) is 63.1 Å². The van der Waals surface area contributed by atoms with E-state index in [2.05, 4.69) is 42.5 Å². The summed E-state index contributed by atoms with van der Waals surface area (Å²) in [6.45, 7) is 5.02. The second-order valence-electron chi connectivity index (χ2n) is 8.53. The number of nitrogens with zero attached hydrogens (tertiary/aromatic N) is 4. The SMILES string of the molecule is O=C(NCC1CC1)c1nnc2n1CC1(CC2)CCN(Cc2cccs2)CC1. The average Bonchev–Trinajstić information content (AvgIpc) is 3.20. The summed E-state index contributed by atoms with van der Waals surface area (Å²) in [5.74, 6) is 2.13. The maximum absolute atomic E-state index is 12.6. The van der Waals surface area contributed by atoms with E-state index in [9.17, 15) is 4.79 Å². The fourth-order valence-corrected chi connectivity index (χ4v) is 5.25. The number of hydrogen-bond acceptors (Lipinski definition) is 5. The van der Waals surface area contributed by atoms with Gasteiger partial charge in [0.15, 0.2) is 0 Å². The molecule has 2 aliphatic heterocycles. The maximum Gasteiger partial charge on any atom is 0.289 e. The van der Waals surface area contributed by atoms with Gasteiger partial charge in [0.25, 0.3) is 5.91 Å². The van der Waals surface area contributed by atoms with Gasteiger partial charge in [-0.2, -0.15) is 0 Å². The van der Waals surface area contributed by atoms with Crippen molar-refractivity contribution in [3.8, 4) is 0 Å². The summed E-state index contributed by atoms with van der Waals surface area (Å²) in [4.78, 5) is 16.6. The van der Waals surface area contributed by atoms with Crippen LogP contribution in [0.15, 0.2) is 17.5 Å². The zero-order valence-corrected chi connectivity index (χ0v) is 16.5. The van der Waals surface area contributed by atoms with Crippen molar-refractivity contribution in [2.24, 2.45) is 11.3 Å². The first-order chi connectivity index (χ1) is 13.2. The Balaban J connectivity index is 1.24. The number of rotatable bonds is 5. The number of thiophene rings is 1. The number of carbonyl (C=O) groups is 1. The number of carbonyl (C=O) groups excluding carboxylic acids is 1. The molecule has 144 valence electrons. The largest absolute Gasteiger partial charge is 0.349 e. The molecular formula is C20H27N5OS. The molecule has 0 aromatic carbocycles. The van der Waals surface area contributed by atoms with Crippen LogP contribution in [0, 0.1) is 11.3 Å². The highest BCUT2D eigenvalue weighted by atomic mass is 32.1. The van der Waals surface area contributed by atoms with Crippen LogP contribution in [0.1, 0.15) is 53.4 Å². The van der Waals surface area contributed by atoms with Crippen molar-refractivity contribution in [1.29, 1.82) is 0 Å². The Morgan fingerprint density at radius 3 is 2.85 bits per heavy atom. The lowest BCUT2D eigenvalue weighted by atomic mass is 9.73. The number of piperidine rings is 1. The lowest BCUT2D eigenvalue weighted by Crippen LogP contribution is -2.44. The minimum Gasteiger partial charge on any atom is -0.349 e. The second-order valence-corrected chi connectivity index (χ2v) is 9.57. The number of hydrogen-bond donors (Lipinski definition) is 1. The molecule has 27 heavy (non-hydrogen) atoms. The molecule has 3 aliphatic rings. The zero-order chi connectivity index (χ0) is 18.3. The van der Waals surface area contributed by atoms with Crippen molar-refractivity contribution in [3.63, 3.8) is 0 Å². The Morgan fingerprint density at radius 2 is 2.11 bits per heavy atom. The number of likely N-dealkylation sites (tertiary alicyclic amines) is 1. The van der Waals surface area contributed by atoms with Crippen LogP contribution in [-0.2, 0) is 19.5 Å². The number of amides is 1. The van der Waals surface area contributed by atoms with Crippen LogP contribution >= 0.6 is 11.3 Å². The summed E-state index contributed by atoms with van der Waals surface area (Å²) < 4.78 is 2.11. The molecule has 1 aliphatic carbocycles. The van der Waals surface area contributed by atoms with Crippen LogP contribution in [0.25, 0.3) is 0 Å². The van der Waals surface area contributed by atoms with E-state index in [0.29, 0.717) is 17.2 Å². The zero-order valence-electron chi connectivity index (χ0n) is 15.7. The molecule has 2 aromatic rings. The minimum absolute atomic E-state index is 0.0483. The quantitative estimate of drug-likeness (QED) is 0.860. The van der Waals surface area contributed by atoms with Crippen molar-refractivity contribution < 1.29 is 4.79 Å². The van der Waals surface area contributed by atoms with E-state index < -0.39 is 0 Å². The van der Waals surface area contributed by atoms with Crippen LogP contribution in [0.2, 0.25) is 0 Å². The molecule has 1 saturated heterocycles. The fraction of sp³-hybridized carbons (Fsp3) is 0.650. The Bertz CT molecular complexity index is 802. The number of aryl methyl sites for hydroxylation is 1. The predicted molar refractivity (Wildman–Crippen MR) is 105 cm³/mol. The highest BCUT2D eigenvalue weighted by Crippen LogP contribution is 2.41. The number of fused-ring (bicyclic) bond motifs is 1. The van der Waals surface area contributed by atoms with E-state index in [1.807, 2.05) is 11.3 Å². The molecule has 0 bridgehead atoms. The molecule has 1 amide bonds. The van der Waals surface area contributed by atoms with Gasteiger partial charge in [-0.3, -0.25) is 9.69 Å². The molecule has 7 heteroatoms. The summed E-state index contributed by atoms with van der Waals surface area (Å²) in [7, 11) is 0. The summed E-state index contributed by atoms with van der Waals surface area (Å²) in [5, 5.41) is 13.7. The van der Waals surface area contributed by atoms with Gasteiger partial charge in [-0.1, -0.05) is 6.07 Å². The monoisotopic (exact) mass is 385 g/mol. The lowest BCUT2D eigenvalue weighted by molar-refractivity contribution is 0.0622. The lowest BCUT2D eigenvalue weighted by Gasteiger charge is -2.44. The third kappa shape index (κ3) is 3.67. The molecule has 5 rings (SSSR count). The first-order valence-electron chi connectivity index (χ1n) is 10.2. The van der Waals surface area contributed by atoms with Gasteiger partial charge in [-0.25, -0.2) is 0 Å². The van der Waals surface area contributed by atoms with E-state index in [1.54, 1.807) is 0 Å². The smallest absolute Gasteiger partial charge is 0.289 e. The third-order valence-electron chi connectivity index (χ3n) is 6.53. The fourth-order valence-electron chi connectivity index (χ4n) is 4.50. The Kier molecular flexibility index (Phi) is 4.52. The van der Waals surface area contributed by atoms with E-state index in [-0.39, 0.29) is 5.91 Å². The molecule has 1 spiro atoms. The summed E-state index contributed by atoms with van der Waals surface area (Å²) in [5.41, 5.74) is 0.298. The normalized spacial score (nSPS) is 21.9. The number of nitrogens with one attached hydrogen (secondary N) is 1. The minimum atomic E-state index is -0.0483. The summed E-state index contributed by atoms with van der Waals surface area (Å²) in [6, 6.07) is 4.36. The summed E-state index contributed by atoms with van der Waals surface area (Å²) in [6.07, 6.45) is 6.97. The van der Waals surface area contributed by atoms with Crippen LogP contribution in [0.3, 0.4) is 0 Å². The van der Waals surface area contributed by atoms with Gasteiger partial charge in [0, 0.05) is 30.9 Å². The van der Waals surface area contributed by atoms with Crippen molar-refractivity contribution in [2.75, 3.05) is 19.6 Å². The Morgan fingerprint density at radius 1 is 1.26 bits per heavy atom. The second kappa shape index (κ2) is 7.02. The standard InChI is InChI=1S/C20H27N5OS/c26-19(21-12-15-3-4-15)18-23-22-17-5-6-20(14-25(17)18)7-9-24(10-8-20)13-16-2-1-11-27-16/h1-2,11,15H,3-10,12-14H2,(H,21,26).